The number of pyridine rings is 1. The van der Waals surface area contributed by atoms with Gasteiger partial charge in [0.15, 0.2) is 11.5 Å². The largest absolute Gasteiger partial charge is 0.505 e. The van der Waals surface area contributed by atoms with Crippen molar-refractivity contribution in [1.82, 2.24) is 9.99 Å². The summed E-state index contributed by atoms with van der Waals surface area (Å²) in [6, 6.07) is 11.9. The monoisotopic (exact) mass is 391 g/mol. The summed E-state index contributed by atoms with van der Waals surface area (Å²) in [4.78, 5) is 17.1. The molecule has 0 bridgehead atoms. The lowest BCUT2D eigenvalue weighted by Gasteiger charge is -2.29. The number of aryl methyl sites for hydroxylation is 1. The summed E-state index contributed by atoms with van der Waals surface area (Å²) >= 11 is 0. The van der Waals surface area contributed by atoms with Crippen molar-refractivity contribution in [2.45, 2.75) is 33.6 Å². The zero-order chi connectivity index (χ0) is 21.0. The van der Waals surface area contributed by atoms with Gasteiger partial charge < -0.3 is 9.84 Å². The number of hydrogen-bond acceptors (Lipinski definition) is 6. The summed E-state index contributed by atoms with van der Waals surface area (Å²) in [5.41, 5.74) is 4.63. The number of allylic oxidation sites excluding steroid dienone is 1. The van der Waals surface area contributed by atoms with E-state index in [4.69, 9.17) is 9.72 Å². The van der Waals surface area contributed by atoms with E-state index in [-0.39, 0.29) is 11.5 Å². The molecule has 0 saturated heterocycles. The highest BCUT2D eigenvalue weighted by Crippen LogP contribution is 2.38. The van der Waals surface area contributed by atoms with Crippen LogP contribution in [0.25, 0.3) is 22.7 Å². The Morgan fingerprint density at radius 2 is 2.07 bits per heavy atom. The minimum atomic E-state index is -0.672. The molecule has 0 atom stereocenters. The number of carbonyl (C=O) groups is 1. The Morgan fingerprint density at radius 3 is 2.72 bits per heavy atom. The topological polar surface area (TPSA) is 75.0 Å². The Balaban J connectivity index is 2.19. The van der Waals surface area contributed by atoms with Gasteiger partial charge in [-0.25, -0.2) is 14.8 Å². The van der Waals surface area contributed by atoms with Gasteiger partial charge in [0.2, 0.25) is 0 Å². The minimum Gasteiger partial charge on any atom is -0.505 e. The van der Waals surface area contributed by atoms with E-state index < -0.39 is 5.97 Å². The number of aliphatic hydroxyl groups is 1. The molecule has 150 valence electrons. The Morgan fingerprint density at radius 1 is 1.28 bits per heavy atom. The fourth-order valence-electron chi connectivity index (χ4n) is 3.40. The molecule has 1 aromatic heterocycles. The van der Waals surface area contributed by atoms with E-state index in [1.54, 1.807) is 19.2 Å². The molecule has 2 heterocycles. The van der Waals surface area contributed by atoms with E-state index in [9.17, 15) is 9.90 Å². The Bertz CT molecular complexity index is 1020. The number of hydrogen-bond donors (Lipinski definition) is 1. The van der Waals surface area contributed by atoms with Crippen LogP contribution in [0.2, 0.25) is 0 Å². The summed E-state index contributed by atoms with van der Waals surface area (Å²) in [5, 5.41) is 16.4. The third kappa shape index (κ3) is 3.78. The number of ether oxygens (including phenoxy) is 1. The van der Waals surface area contributed by atoms with Gasteiger partial charge in [-0.15, -0.1) is 0 Å². The molecule has 0 radical (unpaired) electrons. The summed E-state index contributed by atoms with van der Waals surface area (Å²) in [6.07, 6.45) is 5.43. The van der Waals surface area contributed by atoms with Crippen LogP contribution in [0, 0.1) is 0 Å². The standard InChI is InChI=1S/C23H25N3O3/c1-5-9-15-10-8-11-16(14-15)18-13-12-17-20(25-18)19(6-2)26(24-7-3)21(22(17)27)23(28)29-4/h6-8,10-14,27H,5,9H2,1-4H3/b19-6+,24-7-. The van der Waals surface area contributed by atoms with Crippen molar-refractivity contribution in [1.29, 1.82) is 0 Å². The van der Waals surface area contributed by atoms with Gasteiger partial charge in [-0.2, -0.15) is 5.10 Å². The van der Waals surface area contributed by atoms with Gasteiger partial charge in [-0.3, -0.25) is 0 Å². The van der Waals surface area contributed by atoms with E-state index in [0.29, 0.717) is 17.0 Å². The van der Waals surface area contributed by atoms with Gasteiger partial charge in [0, 0.05) is 17.3 Å². The molecule has 0 fully saturated rings. The van der Waals surface area contributed by atoms with Gasteiger partial charge in [-0.05, 0) is 44.0 Å². The third-order valence-electron chi connectivity index (χ3n) is 4.70. The summed E-state index contributed by atoms with van der Waals surface area (Å²) in [6.45, 7) is 5.72. The van der Waals surface area contributed by atoms with E-state index >= 15 is 0 Å². The average Bonchev–Trinajstić information content (AvgIpc) is 2.74. The van der Waals surface area contributed by atoms with Crippen LogP contribution >= 0.6 is 0 Å². The van der Waals surface area contributed by atoms with E-state index in [1.165, 1.54) is 17.7 Å². The number of hydrazone groups is 1. The fourth-order valence-corrected chi connectivity index (χ4v) is 3.40. The second-order valence-corrected chi connectivity index (χ2v) is 6.59. The molecule has 1 aliphatic rings. The number of rotatable bonds is 5. The third-order valence-corrected chi connectivity index (χ3v) is 4.70. The zero-order valence-electron chi connectivity index (χ0n) is 17.1. The minimum absolute atomic E-state index is 0.0364. The van der Waals surface area contributed by atoms with Gasteiger partial charge >= 0.3 is 5.97 Å². The van der Waals surface area contributed by atoms with E-state index in [1.807, 2.05) is 31.2 Å². The van der Waals surface area contributed by atoms with Crippen LogP contribution in [0.3, 0.4) is 0 Å². The molecular weight excluding hydrogens is 366 g/mol. The summed E-state index contributed by atoms with van der Waals surface area (Å²) in [5.74, 6) is -0.878. The zero-order valence-corrected chi connectivity index (χ0v) is 17.1. The smallest absolute Gasteiger partial charge is 0.360 e. The first-order chi connectivity index (χ1) is 14.0. The number of esters is 1. The molecule has 6 heteroatoms. The molecule has 0 aliphatic carbocycles. The highest BCUT2D eigenvalue weighted by molar-refractivity contribution is 6.00. The quantitative estimate of drug-likeness (QED) is 0.586. The lowest BCUT2D eigenvalue weighted by Crippen LogP contribution is -2.29. The number of aliphatic hydroxyl groups excluding tert-OH is 1. The van der Waals surface area contributed by atoms with Crippen molar-refractivity contribution in [2.24, 2.45) is 5.10 Å². The maximum atomic E-state index is 12.3. The molecule has 6 nitrogen and oxygen atoms in total. The SMILES string of the molecule is C/C=N\N1C(C(=O)OC)=C(O)c2ccc(-c3cccc(CCC)c3)nc2/C1=C\C. The molecule has 0 saturated carbocycles. The first kappa shape index (κ1) is 20.3. The number of aromatic nitrogens is 1. The van der Waals surface area contributed by atoms with Crippen LogP contribution in [-0.2, 0) is 16.0 Å². The lowest BCUT2D eigenvalue weighted by molar-refractivity contribution is -0.137. The van der Waals surface area contributed by atoms with Crippen molar-refractivity contribution in [3.05, 3.63) is 65.0 Å². The van der Waals surface area contributed by atoms with Gasteiger partial charge in [0.25, 0.3) is 0 Å². The maximum Gasteiger partial charge on any atom is 0.360 e. The molecule has 3 rings (SSSR count). The van der Waals surface area contributed by atoms with Crippen molar-refractivity contribution in [3.63, 3.8) is 0 Å². The average molecular weight is 391 g/mol. The molecule has 0 amide bonds. The molecular formula is C23H25N3O3. The van der Waals surface area contributed by atoms with Crippen molar-refractivity contribution in [2.75, 3.05) is 7.11 Å². The fraction of sp³-hybridized carbons (Fsp3) is 0.261. The number of benzene rings is 1. The Labute approximate surface area is 170 Å². The van der Waals surface area contributed by atoms with Crippen molar-refractivity contribution < 1.29 is 14.6 Å². The van der Waals surface area contributed by atoms with Crippen LogP contribution in [0.15, 0.2) is 53.3 Å². The first-order valence-electron chi connectivity index (χ1n) is 9.63. The van der Waals surface area contributed by atoms with Gasteiger partial charge in [-0.1, -0.05) is 37.6 Å². The Hall–Kier alpha value is -3.41. The second-order valence-electron chi connectivity index (χ2n) is 6.59. The normalized spacial score (nSPS) is 15.2. The van der Waals surface area contributed by atoms with E-state index in [0.717, 1.165) is 24.1 Å². The predicted molar refractivity (Wildman–Crippen MR) is 115 cm³/mol. The number of fused-ring (bicyclic) bond motifs is 1. The lowest BCUT2D eigenvalue weighted by atomic mass is 9.99. The maximum absolute atomic E-state index is 12.3. The highest BCUT2D eigenvalue weighted by Gasteiger charge is 2.34. The molecule has 29 heavy (non-hydrogen) atoms. The molecule has 0 spiro atoms. The number of carbonyl (C=O) groups excluding carboxylic acids is 1. The molecule has 1 aromatic carbocycles. The van der Waals surface area contributed by atoms with Crippen LogP contribution in [0.5, 0.6) is 0 Å². The molecule has 1 N–H and O–H groups in total. The van der Waals surface area contributed by atoms with Crippen LogP contribution < -0.4 is 0 Å². The van der Waals surface area contributed by atoms with Crippen molar-refractivity contribution >= 4 is 23.6 Å². The first-order valence-corrected chi connectivity index (χ1v) is 9.63. The Kier molecular flexibility index (Phi) is 6.12. The summed E-state index contributed by atoms with van der Waals surface area (Å²) in [7, 11) is 1.27. The second kappa shape index (κ2) is 8.73. The number of methoxy groups -OCH3 is 1. The predicted octanol–water partition coefficient (Wildman–Crippen LogP) is 4.78. The number of nitrogens with zero attached hydrogens (tertiary/aromatic N) is 3. The summed E-state index contributed by atoms with van der Waals surface area (Å²) < 4.78 is 4.85. The van der Waals surface area contributed by atoms with E-state index in [2.05, 4.69) is 24.2 Å². The van der Waals surface area contributed by atoms with Crippen LogP contribution in [0.1, 0.15) is 44.0 Å². The molecule has 2 aromatic rings. The van der Waals surface area contributed by atoms with Crippen LogP contribution in [-0.4, -0.2) is 34.4 Å². The van der Waals surface area contributed by atoms with Gasteiger partial charge in [0.1, 0.15) is 5.69 Å². The van der Waals surface area contributed by atoms with Crippen molar-refractivity contribution in [3.8, 4) is 11.3 Å². The molecule has 0 unspecified atom stereocenters. The van der Waals surface area contributed by atoms with Gasteiger partial charge in [0.05, 0.1) is 18.5 Å². The highest BCUT2D eigenvalue weighted by atomic mass is 16.5. The molecule has 1 aliphatic heterocycles. The van der Waals surface area contributed by atoms with Crippen LogP contribution in [0.4, 0.5) is 0 Å².